The van der Waals surface area contributed by atoms with Gasteiger partial charge in [-0.3, -0.25) is 0 Å². The highest BCUT2D eigenvalue weighted by atomic mass is 28.2. The van der Waals surface area contributed by atoms with E-state index < -0.39 is 0 Å². The fraction of sp³-hybridized carbons (Fsp3) is 1.00. The topological polar surface area (TPSA) is 12.0 Å². The zero-order valence-corrected chi connectivity index (χ0v) is 7.45. The van der Waals surface area contributed by atoms with E-state index >= 15 is 0 Å². The van der Waals surface area contributed by atoms with Crippen LogP contribution >= 0.6 is 0 Å². The minimum absolute atomic E-state index is 0.338. The summed E-state index contributed by atoms with van der Waals surface area (Å²) >= 11 is 0. The van der Waals surface area contributed by atoms with Gasteiger partial charge in [-0.2, -0.15) is 0 Å². The lowest BCUT2D eigenvalue weighted by atomic mass is 10.6. The SMILES string of the molecule is CCC[SiH2]CCNC. The lowest BCUT2D eigenvalue weighted by molar-refractivity contribution is 0.855. The first kappa shape index (κ1) is 8.18. The molecular weight excluding hydrogens is 114 g/mol. The van der Waals surface area contributed by atoms with E-state index in [1.807, 2.05) is 7.05 Å². The van der Waals surface area contributed by atoms with Gasteiger partial charge in [0.25, 0.3) is 0 Å². The van der Waals surface area contributed by atoms with Crippen molar-refractivity contribution in [2.75, 3.05) is 13.6 Å². The van der Waals surface area contributed by atoms with Crippen LogP contribution in [0.15, 0.2) is 0 Å². The van der Waals surface area contributed by atoms with Crippen LogP contribution in [0, 0.1) is 0 Å². The maximum atomic E-state index is 3.16. The number of hydrogen-bond donors (Lipinski definition) is 1. The smallest absolute Gasteiger partial charge is 0.0212 e. The first-order chi connectivity index (χ1) is 3.91. The van der Waals surface area contributed by atoms with Gasteiger partial charge < -0.3 is 5.32 Å². The van der Waals surface area contributed by atoms with Gasteiger partial charge in [-0.05, 0) is 13.6 Å². The van der Waals surface area contributed by atoms with Crippen molar-refractivity contribution < 1.29 is 0 Å². The summed E-state index contributed by atoms with van der Waals surface area (Å²) in [6.07, 6.45) is 1.40. The molecule has 0 atom stereocenters. The van der Waals surface area contributed by atoms with Crippen LogP contribution in [0.1, 0.15) is 13.3 Å². The summed E-state index contributed by atoms with van der Waals surface area (Å²) in [5, 5.41) is 3.16. The molecule has 0 aliphatic heterocycles. The zero-order chi connectivity index (χ0) is 6.24. The van der Waals surface area contributed by atoms with Gasteiger partial charge in [-0.25, -0.2) is 0 Å². The van der Waals surface area contributed by atoms with Crippen LogP contribution in [0.3, 0.4) is 0 Å². The lowest BCUT2D eigenvalue weighted by Crippen LogP contribution is -2.09. The molecular formula is C6H17NSi. The Kier molecular flexibility index (Phi) is 7.34. The first-order valence-corrected chi connectivity index (χ1v) is 5.56. The first-order valence-electron chi connectivity index (χ1n) is 3.56. The Morgan fingerprint density at radius 3 is 2.62 bits per heavy atom. The third kappa shape index (κ3) is 6.18. The number of rotatable bonds is 5. The van der Waals surface area contributed by atoms with Gasteiger partial charge in [0.1, 0.15) is 0 Å². The summed E-state index contributed by atoms with van der Waals surface area (Å²) in [5.74, 6) is 0. The molecule has 0 unspecified atom stereocenters. The molecule has 0 bridgehead atoms. The van der Waals surface area contributed by atoms with Crippen molar-refractivity contribution in [2.24, 2.45) is 0 Å². The van der Waals surface area contributed by atoms with E-state index in [4.69, 9.17) is 0 Å². The average Bonchev–Trinajstić information content (AvgIpc) is 1.81. The second kappa shape index (κ2) is 7.18. The highest BCUT2D eigenvalue weighted by Gasteiger charge is 1.83. The molecule has 1 nitrogen and oxygen atoms in total. The molecule has 0 fully saturated rings. The Morgan fingerprint density at radius 2 is 2.12 bits per heavy atom. The van der Waals surface area contributed by atoms with Crippen LogP contribution in [0.2, 0.25) is 12.1 Å². The molecule has 50 valence electrons. The fourth-order valence-corrected chi connectivity index (χ4v) is 2.19. The molecule has 0 saturated heterocycles. The monoisotopic (exact) mass is 131 g/mol. The van der Waals surface area contributed by atoms with Crippen LogP contribution in [0.5, 0.6) is 0 Å². The van der Waals surface area contributed by atoms with E-state index in [0.717, 1.165) is 0 Å². The van der Waals surface area contributed by atoms with Crippen LogP contribution in [0.4, 0.5) is 0 Å². The largest absolute Gasteiger partial charge is 0.320 e. The molecule has 0 aromatic carbocycles. The van der Waals surface area contributed by atoms with Crippen molar-refractivity contribution >= 4 is 9.52 Å². The minimum atomic E-state index is 0.338. The van der Waals surface area contributed by atoms with Gasteiger partial charge in [-0.1, -0.05) is 25.4 Å². The normalized spacial score (nSPS) is 11.2. The quantitative estimate of drug-likeness (QED) is 0.426. The molecule has 0 spiro atoms. The standard InChI is InChI=1S/C6H17NSi/c1-3-5-8-6-4-7-2/h7H,3-6,8H2,1-2H3. The maximum Gasteiger partial charge on any atom is 0.0212 e. The third-order valence-electron chi connectivity index (χ3n) is 1.28. The highest BCUT2D eigenvalue weighted by Crippen LogP contribution is 1.87. The van der Waals surface area contributed by atoms with Gasteiger partial charge in [0.05, 0.1) is 0 Å². The Bertz CT molecular complexity index is 33.5. The Labute approximate surface area is 54.7 Å². The summed E-state index contributed by atoms with van der Waals surface area (Å²) in [5.41, 5.74) is 0. The van der Waals surface area contributed by atoms with Crippen molar-refractivity contribution in [3.05, 3.63) is 0 Å². The highest BCUT2D eigenvalue weighted by molar-refractivity contribution is 6.35. The van der Waals surface area contributed by atoms with Crippen LogP contribution < -0.4 is 5.32 Å². The molecule has 0 radical (unpaired) electrons. The zero-order valence-electron chi connectivity index (χ0n) is 6.04. The van der Waals surface area contributed by atoms with Gasteiger partial charge in [-0.15, -0.1) is 0 Å². The van der Waals surface area contributed by atoms with Gasteiger partial charge in [0.15, 0.2) is 0 Å². The second-order valence-corrected chi connectivity index (χ2v) is 4.29. The van der Waals surface area contributed by atoms with Crippen molar-refractivity contribution in [3.8, 4) is 0 Å². The van der Waals surface area contributed by atoms with E-state index in [0.29, 0.717) is 9.52 Å². The number of hydrogen-bond acceptors (Lipinski definition) is 1. The molecule has 0 aliphatic rings. The molecule has 8 heavy (non-hydrogen) atoms. The van der Waals surface area contributed by atoms with Crippen LogP contribution in [-0.4, -0.2) is 23.1 Å². The average molecular weight is 131 g/mol. The molecule has 0 amide bonds. The van der Waals surface area contributed by atoms with Gasteiger partial charge >= 0.3 is 0 Å². The number of nitrogens with one attached hydrogen (secondary N) is 1. The van der Waals surface area contributed by atoms with Crippen molar-refractivity contribution in [1.29, 1.82) is 0 Å². The van der Waals surface area contributed by atoms with Gasteiger partial charge in [0, 0.05) is 9.52 Å². The Morgan fingerprint density at radius 1 is 1.38 bits per heavy atom. The summed E-state index contributed by atoms with van der Waals surface area (Å²) in [4.78, 5) is 0. The van der Waals surface area contributed by atoms with Crippen molar-refractivity contribution in [2.45, 2.75) is 25.4 Å². The fourth-order valence-electron chi connectivity index (χ4n) is 0.729. The van der Waals surface area contributed by atoms with Gasteiger partial charge in [0.2, 0.25) is 0 Å². The predicted octanol–water partition coefficient (Wildman–Crippen LogP) is 0.621. The molecule has 0 rings (SSSR count). The molecule has 1 N–H and O–H groups in total. The van der Waals surface area contributed by atoms with Crippen LogP contribution in [-0.2, 0) is 0 Å². The molecule has 0 aliphatic carbocycles. The van der Waals surface area contributed by atoms with Crippen molar-refractivity contribution in [1.82, 2.24) is 5.32 Å². The Hall–Kier alpha value is 0.177. The second-order valence-electron chi connectivity index (χ2n) is 2.16. The molecule has 0 aromatic heterocycles. The van der Waals surface area contributed by atoms with E-state index in [-0.39, 0.29) is 0 Å². The summed E-state index contributed by atoms with van der Waals surface area (Å²) in [7, 11) is 2.37. The van der Waals surface area contributed by atoms with Crippen LogP contribution in [0.25, 0.3) is 0 Å². The van der Waals surface area contributed by atoms with E-state index in [2.05, 4.69) is 12.2 Å². The lowest BCUT2D eigenvalue weighted by Gasteiger charge is -1.94. The Balaban J connectivity index is 2.53. The van der Waals surface area contributed by atoms with E-state index in [9.17, 15) is 0 Å². The van der Waals surface area contributed by atoms with E-state index in [1.54, 1.807) is 0 Å². The minimum Gasteiger partial charge on any atom is -0.320 e. The van der Waals surface area contributed by atoms with E-state index in [1.165, 1.54) is 25.1 Å². The summed E-state index contributed by atoms with van der Waals surface area (Å²) < 4.78 is 0. The maximum absolute atomic E-state index is 3.16. The molecule has 2 heteroatoms. The third-order valence-corrected chi connectivity index (χ3v) is 3.34. The molecule has 0 saturated carbocycles. The molecule has 0 aromatic rings. The summed E-state index contributed by atoms with van der Waals surface area (Å²) in [6.45, 7) is 3.51. The summed E-state index contributed by atoms with van der Waals surface area (Å²) in [6, 6.07) is 3.01. The molecule has 0 heterocycles. The van der Waals surface area contributed by atoms with Crippen molar-refractivity contribution in [3.63, 3.8) is 0 Å². The predicted molar refractivity (Wildman–Crippen MR) is 42.4 cm³/mol.